The molecule has 1 fully saturated rings. The molecule has 0 spiro atoms. The molecule has 2 aromatic rings. The summed E-state index contributed by atoms with van der Waals surface area (Å²) in [5.74, 6) is 1.44. The van der Waals surface area contributed by atoms with Crippen LogP contribution in [0.5, 0.6) is 5.75 Å². The predicted molar refractivity (Wildman–Crippen MR) is 115 cm³/mol. The molecule has 0 aliphatic heterocycles. The average molecular weight is 380 g/mol. The van der Waals surface area contributed by atoms with Crippen molar-refractivity contribution in [2.24, 2.45) is 0 Å². The van der Waals surface area contributed by atoms with E-state index in [1.807, 2.05) is 18.2 Å². The molecule has 0 heterocycles. The van der Waals surface area contributed by atoms with Crippen LogP contribution in [0.25, 0.3) is 0 Å². The Morgan fingerprint density at radius 3 is 2.25 bits per heavy atom. The maximum Gasteiger partial charge on any atom is 0.231 e. The van der Waals surface area contributed by atoms with Crippen LogP contribution in [0.3, 0.4) is 0 Å². The van der Waals surface area contributed by atoms with Gasteiger partial charge in [-0.1, -0.05) is 57.0 Å². The second-order valence-electron chi connectivity index (χ2n) is 8.46. The molecule has 1 atom stereocenters. The van der Waals surface area contributed by atoms with Crippen molar-refractivity contribution in [3.63, 3.8) is 0 Å². The number of methoxy groups -OCH3 is 1. The Bertz CT molecular complexity index is 820. The Balaban J connectivity index is 1.89. The number of rotatable bonds is 6. The number of nitrogens with one attached hydrogen (secondary N) is 1. The molecule has 0 radical (unpaired) electrons. The van der Waals surface area contributed by atoms with Crippen LogP contribution in [0.1, 0.15) is 80.7 Å². The normalized spacial score (nSPS) is 16.8. The third-order valence-electron chi connectivity index (χ3n) is 6.27. The summed E-state index contributed by atoms with van der Waals surface area (Å²) in [6.07, 6.45) is 4.06. The highest BCUT2D eigenvalue weighted by Crippen LogP contribution is 2.42. The average Bonchev–Trinajstić information content (AvgIpc) is 3.19. The van der Waals surface area contributed by atoms with Gasteiger partial charge in [0.25, 0.3) is 0 Å². The Hall–Kier alpha value is -2.29. The molecule has 3 heteroatoms. The first-order valence-corrected chi connectivity index (χ1v) is 10.4. The monoisotopic (exact) mass is 379 g/mol. The molecule has 2 aromatic carbocycles. The molecule has 0 bridgehead atoms. The SMILES string of the molecule is COc1cc(C)c([C@H](C)NC(=O)C2(c3ccccc3)CCCC2)cc1C(C)C. The largest absolute Gasteiger partial charge is 0.496 e. The van der Waals surface area contributed by atoms with E-state index in [-0.39, 0.29) is 11.9 Å². The first-order chi connectivity index (χ1) is 13.4. The van der Waals surface area contributed by atoms with Crippen LogP contribution in [0.15, 0.2) is 42.5 Å². The van der Waals surface area contributed by atoms with Gasteiger partial charge in [-0.2, -0.15) is 0 Å². The van der Waals surface area contributed by atoms with E-state index in [0.717, 1.165) is 42.6 Å². The lowest BCUT2D eigenvalue weighted by Crippen LogP contribution is -2.43. The maximum atomic E-state index is 13.5. The van der Waals surface area contributed by atoms with Crippen molar-refractivity contribution in [3.05, 3.63) is 64.7 Å². The minimum atomic E-state index is -0.392. The van der Waals surface area contributed by atoms with Crippen LogP contribution in [0, 0.1) is 6.92 Å². The van der Waals surface area contributed by atoms with Gasteiger partial charge in [0.15, 0.2) is 0 Å². The topological polar surface area (TPSA) is 38.3 Å². The highest BCUT2D eigenvalue weighted by molar-refractivity contribution is 5.89. The lowest BCUT2D eigenvalue weighted by molar-refractivity contribution is -0.127. The molecule has 3 nitrogen and oxygen atoms in total. The highest BCUT2D eigenvalue weighted by Gasteiger charge is 2.43. The number of carbonyl (C=O) groups is 1. The van der Waals surface area contributed by atoms with E-state index < -0.39 is 5.41 Å². The van der Waals surface area contributed by atoms with Crippen molar-refractivity contribution >= 4 is 5.91 Å². The fraction of sp³-hybridized carbons (Fsp3) is 0.480. The number of aryl methyl sites for hydroxylation is 1. The minimum Gasteiger partial charge on any atom is -0.496 e. The first-order valence-electron chi connectivity index (χ1n) is 10.4. The van der Waals surface area contributed by atoms with Crippen LogP contribution in [0.4, 0.5) is 0 Å². The zero-order valence-corrected chi connectivity index (χ0v) is 17.8. The van der Waals surface area contributed by atoms with E-state index in [2.05, 4.69) is 57.3 Å². The number of ether oxygens (including phenoxy) is 1. The molecule has 1 aliphatic carbocycles. The smallest absolute Gasteiger partial charge is 0.231 e. The van der Waals surface area contributed by atoms with Crippen molar-refractivity contribution in [2.45, 2.75) is 70.8 Å². The number of benzene rings is 2. The molecule has 3 rings (SSSR count). The van der Waals surface area contributed by atoms with Gasteiger partial charge in [-0.25, -0.2) is 0 Å². The summed E-state index contributed by atoms with van der Waals surface area (Å²) in [4.78, 5) is 13.5. The quantitative estimate of drug-likeness (QED) is 0.687. The van der Waals surface area contributed by atoms with Crippen molar-refractivity contribution < 1.29 is 9.53 Å². The van der Waals surface area contributed by atoms with Gasteiger partial charge in [0.1, 0.15) is 5.75 Å². The zero-order chi connectivity index (χ0) is 20.3. The van der Waals surface area contributed by atoms with Gasteiger partial charge in [-0.05, 0) is 67.0 Å². The summed E-state index contributed by atoms with van der Waals surface area (Å²) in [5.41, 5.74) is 4.25. The Kier molecular flexibility index (Phi) is 6.12. The van der Waals surface area contributed by atoms with Gasteiger partial charge in [0.2, 0.25) is 5.91 Å². The Morgan fingerprint density at radius 2 is 1.68 bits per heavy atom. The molecule has 28 heavy (non-hydrogen) atoms. The molecule has 1 saturated carbocycles. The van der Waals surface area contributed by atoms with Crippen LogP contribution in [-0.2, 0) is 10.2 Å². The summed E-state index contributed by atoms with van der Waals surface area (Å²) >= 11 is 0. The van der Waals surface area contributed by atoms with Gasteiger partial charge in [-0.3, -0.25) is 4.79 Å². The summed E-state index contributed by atoms with van der Waals surface area (Å²) in [7, 11) is 1.72. The highest BCUT2D eigenvalue weighted by atomic mass is 16.5. The van der Waals surface area contributed by atoms with Crippen molar-refractivity contribution in [1.82, 2.24) is 5.32 Å². The molecular formula is C25H33NO2. The van der Waals surface area contributed by atoms with Gasteiger partial charge >= 0.3 is 0 Å². The molecule has 0 saturated heterocycles. The number of hydrogen-bond donors (Lipinski definition) is 1. The molecule has 1 aliphatic rings. The summed E-state index contributed by atoms with van der Waals surface area (Å²) in [6.45, 7) is 8.52. The minimum absolute atomic E-state index is 0.0444. The second-order valence-corrected chi connectivity index (χ2v) is 8.46. The Morgan fingerprint density at radius 1 is 1.04 bits per heavy atom. The van der Waals surface area contributed by atoms with E-state index in [1.54, 1.807) is 7.11 Å². The van der Waals surface area contributed by atoms with Gasteiger partial charge in [-0.15, -0.1) is 0 Å². The maximum absolute atomic E-state index is 13.5. The van der Waals surface area contributed by atoms with Crippen molar-refractivity contribution in [2.75, 3.05) is 7.11 Å². The van der Waals surface area contributed by atoms with E-state index in [1.165, 1.54) is 11.1 Å². The molecule has 1 amide bonds. The van der Waals surface area contributed by atoms with E-state index in [4.69, 9.17) is 4.74 Å². The summed E-state index contributed by atoms with van der Waals surface area (Å²) in [5, 5.41) is 3.34. The molecule has 150 valence electrons. The standard InChI is InChI=1S/C25H33NO2/c1-17(2)21-16-22(18(3)15-23(21)28-5)19(4)26-24(27)25(13-9-10-14-25)20-11-7-6-8-12-20/h6-8,11-12,15-17,19H,9-10,13-14H2,1-5H3,(H,26,27)/t19-/m0/s1. The lowest BCUT2D eigenvalue weighted by Gasteiger charge is -2.31. The molecular weight excluding hydrogens is 346 g/mol. The Labute approximate surface area is 169 Å². The second kappa shape index (κ2) is 8.38. The van der Waals surface area contributed by atoms with E-state index in [0.29, 0.717) is 5.92 Å². The predicted octanol–water partition coefficient (Wildman–Crippen LogP) is 5.82. The van der Waals surface area contributed by atoms with Gasteiger partial charge in [0.05, 0.1) is 18.6 Å². The van der Waals surface area contributed by atoms with Crippen LogP contribution in [0.2, 0.25) is 0 Å². The molecule has 0 unspecified atom stereocenters. The van der Waals surface area contributed by atoms with Crippen molar-refractivity contribution in [1.29, 1.82) is 0 Å². The van der Waals surface area contributed by atoms with E-state index in [9.17, 15) is 4.79 Å². The third kappa shape index (κ3) is 3.80. The van der Waals surface area contributed by atoms with Crippen molar-refractivity contribution in [3.8, 4) is 5.75 Å². The molecule has 0 aromatic heterocycles. The number of carbonyl (C=O) groups excluding carboxylic acids is 1. The van der Waals surface area contributed by atoms with Crippen LogP contribution in [-0.4, -0.2) is 13.0 Å². The summed E-state index contributed by atoms with van der Waals surface area (Å²) < 4.78 is 5.57. The zero-order valence-electron chi connectivity index (χ0n) is 17.8. The number of amides is 1. The number of hydrogen-bond acceptors (Lipinski definition) is 2. The van der Waals surface area contributed by atoms with Gasteiger partial charge < -0.3 is 10.1 Å². The van der Waals surface area contributed by atoms with Crippen LogP contribution >= 0.6 is 0 Å². The summed E-state index contributed by atoms with van der Waals surface area (Å²) in [6, 6.07) is 14.5. The lowest BCUT2D eigenvalue weighted by atomic mass is 9.77. The molecule has 1 N–H and O–H groups in total. The van der Waals surface area contributed by atoms with E-state index >= 15 is 0 Å². The third-order valence-corrected chi connectivity index (χ3v) is 6.27. The first kappa shape index (κ1) is 20.4. The fourth-order valence-corrected chi connectivity index (χ4v) is 4.61. The van der Waals surface area contributed by atoms with Crippen LogP contribution < -0.4 is 10.1 Å². The van der Waals surface area contributed by atoms with Gasteiger partial charge in [0, 0.05) is 0 Å². The fourth-order valence-electron chi connectivity index (χ4n) is 4.61.